The minimum Gasteiger partial charge on any atom is -0.423 e. The maximum absolute atomic E-state index is 20.3. The molecule has 0 saturated heterocycles. The molecular formula is C60H124F7N7O15S7Si. The molecule has 584 valence electrons. The standard InChI is InChI=1S/C60H124F7N7O15S7Si/c1-9-16-23-30-37-44-51-90(75,76)68(61)58(69(62)91(77,78)52-45-38-31-24-17-10-2,60(97-89-8,73(66)95(85,86)56-49-42-35-28-21-14-6)74(67)96(87,88)57-50-43-36-29-22-15-7)59(70(63)92(79,80)53-46-39-32-25-18-11-3,71(64)93(81,82)54-47-40-33-26-19-12-4)72(65)94(83,84)55-48-41-34-27-20-13-5/h9-57,97H2,1-8H3. The van der Waals surface area contributed by atoms with Crippen molar-refractivity contribution in [2.24, 2.45) is 0 Å². The lowest BCUT2D eigenvalue weighted by Crippen LogP contribution is -2.95. The number of nitrogens with zero attached hydrogens (tertiary/aromatic N) is 7. The molecule has 0 N–H and O–H groups in total. The van der Waals surface area contributed by atoms with E-state index >= 15 is 90.3 Å². The van der Waals surface area contributed by atoms with Gasteiger partial charge in [-0.25, -0.2) is 58.9 Å². The fourth-order valence-electron chi connectivity index (χ4n) is 11.6. The normalized spacial score (nSPS) is 14.1. The molecule has 0 amide bonds. The molecule has 0 aliphatic heterocycles. The van der Waals surface area contributed by atoms with Crippen LogP contribution in [0.2, 0.25) is 0 Å². The Morgan fingerprint density at radius 1 is 0.237 bits per heavy atom. The minimum absolute atomic E-state index is 0.0653. The first-order valence-corrected chi connectivity index (χ1v) is 48.4. The molecule has 22 nitrogen and oxygen atoms in total. The van der Waals surface area contributed by atoms with Gasteiger partial charge in [0.25, 0.3) is 11.4 Å². The van der Waals surface area contributed by atoms with Crippen molar-refractivity contribution in [3.63, 3.8) is 0 Å². The van der Waals surface area contributed by atoms with E-state index in [4.69, 9.17) is 4.43 Å². The number of sulfonamides is 7. The molecule has 0 unspecified atom stereocenters. The van der Waals surface area contributed by atoms with Gasteiger partial charge < -0.3 is 4.43 Å². The van der Waals surface area contributed by atoms with Gasteiger partial charge in [0, 0.05) is 20.7 Å². The van der Waals surface area contributed by atoms with Gasteiger partial charge in [-0.1, -0.05) is 273 Å². The van der Waals surface area contributed by atoms with Crippen molar-refractivity contribution in [3.05, 3.63) is 0 Å². The topological polar surface area (TPSA) is 271 Å². The lowest BCUT2D eigenvalue weighted by Gasteiger charge is -2.61. The van der Waals surface area contributed by atoms with Crippen LogP contribution in [0.3, 0.4) is 0 Å². The Labute approximate surface area is 584 Å². The highest BCUT2D eigenvalue weighted by Crippen LogP contribution is 2.59. The first kappa shape index (κ1) is 96.1. The average Bonchev–Trinajstić information content (AvgIpc) is 0.651. The molecule has 0 aliphatic carbocycles. The molecule has 0 aromatic rings. The summed E-state index contributed by atoms with van der Waals surface area (Å²) >= 11 is 0. The lowest BCUT2D eigenvalue weighted by atomic mass is 9.99. The lowest BCUT2D eigenvalue weighted by molar-refractivity contribution is -0.384. The summed E-state index contributed by atoms with van der Waals surface area (Å²) in [6, 6.07) is 0. The molecule has 0 aliphatic rings. The summed E-state index contributed by atoms with van der Waals surface area (Å²) in [7, 11) is -54.0. The first-order chi connectivity index (χ1) is 45.6. The minimum atomic E-state index is -7.15. The van der Waals surface area contributed by atoms with Crippen LogP contribution < -0.4 is 0 Å². The SMILES string of the molecule is CCCCCCCCS(=O)(=O)N(F)C([SiH2]OC)(N(F)S(=O)(=O)CCCCCCCC)C(N(F)S(=O)(=O)CCCCCCCC)(N(F)S(=O)(=O)CCCCCCCC)C(N(F)S(=O)(=O)CCCCCCCC)(N(F)S(=O)(=O)CCCCCCCC)N(F)S(=O)(=O)CCCCCCCC. The zero-order valence-corrected chi connectivity index (χ0v) is 66.7. The fraction of sp³-hybridized carbons (Fsp3) is 1.00. The number of unbranched alkanes of at least 4 members (excludes halogenated alkanes) is 35. The third kappa shape index (κ3) is 29.1. The second kappa shape index (κ2) is 49.0. The highest BCUT2D eigenvalue weighted by molar-refractivity contribution is 7.91. The Morgan fingerprint density at radius 3 is 0.546 bits per heavy atom. The van der Waals surface area contributed by atoms with Crippen LogP contribution in [0.4, 0.5) is 31.4 Å². The van der Waals surface area contributed by atoms with E-state index in [2.05, 4.69) is 0 Å². The Hall–Kier alpha value is -0.943. The molecule has 0 heterocycles. The van der Waals surface area contributed by atoms with E-state index in [9.17, 15) is 0 Å². The molecule has 0 fully saturated rings. The summed E-state index contributed by atoms with van der Waals surface area (Å²) < 4.78 is 345. The highest BCUT2D eigenvalue weighted by atomic mass is 32.2. The van der Waals surface area contributed by atoms with Gasteiger partial charge in [-0.2, -0.15) is 0 Å². The molecule has 0 bridgehead atoms. The van der Waals surface area contributed by atoms with Crippen LogP contribution in [-0.4, -0.2) is 164 Å². The zero-order chi connectivity index (χ0) is 74.1. The number of hydrogen-bond acceptors (Lipinski definition) is 15. The highest BCUT2D eigenvalue weighted by Gasteiger charge is 2.92. The predicted molar refractivity (Wildman–Crippen MR) is 375 cm³/mol. The third-order valence-electron chi connectivity index (χ3n) is 17.2. The van der Waals surface area contributed by atoms with E-state index < -0.39 is 214 Å². The fourth-order valence-corrected chi connectivity index (χ4v) is 24.8. The molecule has 0 aromatic heterocycles. The van der Waals surface area contributed by atoms with Gasteiger partial charge in [0.05, 0.1) is 40.3 Å². The number of hydrogen-bond donors (Lipinski definition) is 0. The van der Waals surface area contributed by atoms with Crippen LogP contribution in [0.1, 0.15) is 318 Å². The second-order valence-electron chi connectivity index (χ2n) is 25.6. The van der Waals surface area contributed by atoms with Gasteiger partial charge in [0.2, 0.25) is 85.2 Å². The maximum atomic E-state index is 20.3. The van der Waals surface area contributed by atoms with Gasteiger partial charge >= 0.3 is 0 Å². The Kier molecular flexibility index (Phi) is 48.5. The number of rotatable bonds is 67. The van der Waals surface area contributed by atoms with Gasteiger partial charge in [0.1, 0.15) is 0 Å². The van der Waals surface area contributed by atoms with Crippen molar-refractivity contribution in [3.8, 4) is 0 Å². The Bertz CT molecular complexity index is 2720. The van der Waals surface area contributed by atoms with Gasteiger partial charge in [-0.05, 0) is 63.1 Å². The maximum Gasteiger partial charge on any atom is 0.299 e. The van der Waals surface area contributed by atoms with Crippen molar-refractivity contribution in [1.82, 2.24) is 31.7 Å². The molecule has 0 saturated carbocycles. The molecule has 0 aromatic carbocycles. The van der Waals surface area contributed by atoms with Crippen molar-refractivity contribution in [1.29, 1.82) is 0 Å². The molecule has 0 atom stereocenters. The molecular weight excluding hydrogens is 1440 g/mol. The zero-order valence-electron chi connectivity index (χ0n) is 59.6. The van der Waals surface area contributed by atoms with Crippen LogP contribution in [-0.2, 0) is 74.6 Å². The Balaban J connectivity index is 11.5. The molecule has 0 radical (unpaired) electrons. The van der Waals surface area contributed by atoms with Gasteiger partial charge in [-0.3, -0.25) is 0 Å². The van der Waals surface area contributed by atoms with Crippen molar-refractivity contribution < 1.29 is 94.7 Å². The summed E-state index contributed by atoms with van der Waals surface area (Å²) in [5.41, 5.74) is -7.15. The predicted octanol–water partition coefficient (Wildman–Crippen LogP) is 14.9. The summed E-state index contributed by atoms with van der Waals surface area (Å²) in [5.74, 6) is -20.6. The van der Waals surface area contributed by atoms with Crippen LogP contribution in [0.15, 0.2) is 0 Å². The van der Waals surface area contributed by atoms with E-state index in [0.717, 1.165) is 0 Å². The molecule has 97 heavy (non-hydrogen) atoms. The molecule has 37 heteroatoms. The monoisotopic (exact) mass is 1570 g/mol. The third-order valence-corrected chi connectivity index (χ3v) is 30.3. The van der Waals surface area contributed by atoms with E-state index in [1.54, 1.807) is 48.5 Å². The van der Waals surface area contributed by atoms with Crippen LogP contribution >= 0.6 is 0 Å². The van der Waals surface area contributed by atoms with Gasteiger partial charge in [-0.15, -0.1) is 31.4 Å². The summed E-state index contributed by atoms with van der Waals surface area (Å²) in [6.45, 7) is 12.5. The van der Waals surface area contributed by atoms with Crippen molar-refractivity contribution in [2.45, 2.75) is 335 Å². The van der Waals surface area contributed by atoms with Crippen LogP contribution in [0.25, 0.3) is 0 Å². The summed E-state index contributed by atoms with van der Waals surface area (Å²) in [4.78, 5) is 0. The largest absolute Gasteiger partial charge is 0.423 e. The Morgan fingerprint density at radius 2 is 0.381 bits per heavy atom. The molecule has 0 rings (SSSR count). The van der Waals surface area contributed by atoms with E-state index in [1.807, 2.05) is 0 Å². The van der Waals surface area contributed by atoms with Crippen molar-refractivity contribution >= 4 is 79.9 Å². The van der Waals surface area contributed by atoms with Crippen LogP contribution in [0.5, 0.6) is 0 Å². The first-order valence-electron chi connectivity index (χ1n) is 35.9. The average molecular weight is 1570 g/mol. The van der Waals surface area contributed by atoms with Crippen molar-refractivity contribution in [2.75, 3.05) is 47.4 Å². The summed E-state index contributed by atoms with van der Waals surface area (Å²) in [5, 5.41) is -6.24. The second-order valence-corrected chi connectivity index (χ2v) is 40.7. The smallest absolute Gasteiger partial charge is 0.299 e. The molecule has 0 spiro atoms. The van der Waals surface area contributed by atoms with E-state index in [0.29, 0.717) is 135 Å². The van der Waals surface area contributed by atoms with E-state index in [1.165, 1.54) is 0 Å². The quantitative estimate of drug-likeness (QED) is 0.0180. The number of halogens is 7. The van der Waals surface area contributed by atoms with Crippen LogP contribution in [0, 0.1) is 0 Å². The van der Waals surface area contributed by atoms with E-state index in [-0.39, 0.29) is 97.0 Å². The van der Waals surface area contributed by atoms with Gasteiger partial charge in [0.15, 0.2) is 0 Å². The summed E-state index contributed by atoms with van der Waals surface area (Å²) in [6.07, 6.45) is 2.75.